The van der Waals surface area contributed by atoms with Crippen molar-refractivity contribution in [2.24, 2.45) is 5.10 Å². The molecule has 0 unspecified atom stereocenters. The number of nitrogens with one attached hydrogen (secondary N) is 2. The lowest BCUT2D eigenvalue weighted by Gasteiger charge is -2.08. The second-order valence-electron chi connectivity index (χ2n) is 6.96. The zero-order valence-corrected chi connectivity index (χ0v) is 16.7. The van der Waals surface area contributed by atoms with Crippen LogP contribution in [0, 0.1) is 0 Å². The molecular formula is C23H20N6O. The first-order valence-corrected chi connectivity index (χ1v) is 9.76. The fraction of sp³-hybridized carbons (Fsp3) is 0.130. The van der Waals surface area contributed by atoms with Crippen LogP contribution in [0.15, 0.2) is 59.7 Å². The van der Waals surface area contributed by atoms with E-state index in [-0.39, 0.29) is 0 Å². The van der Waals surface area contributed by atoms with Gasteiger partial charge in [0.15, 0.2) is 5.65 Å². The normalized spacial score (nSPS) is 11.7. The van der Waals surface area contributed by atoms with Gasteiger partial charge in [0.2, 0.25) is 0 Å². The molecule has 0 saturated heterocycles. The Kier molecular flexibility index (Phi) is 4.48. The fourth-order valence-electron chi connectivity index (χ4n) is 3.63. The van der Waals surface area contributed by atoms with Gasteiger partial charge in [-0.1, -0.05) is 43.3 Å². The largest absolute Gasteiger partial charge is 0.496 e. The Hall–Kier alpha value is -4.00. The number of aryl methyl sites for hydroxylation is 1. The highest BCUT2D eigenvalue weighted by atomic mass is 16.5. The van der Waals surface area contributed by atoms with Crippen molar-refractivity contribution in [1.29, 1.82) is 0 Å². The molecule has 5 aromatic rings. The van der Waals surface area contributed by atoms with Crippen molar-refractivity contribution in [3.8, 4) is 5.75 Å². The minimum absolute atomic E-state index is 0.320. The van der Waals surface area contributed by atoms with Gasteiger partial charge in [-0.2, -0.15) is 10.1 Å². The van der Waals surface area contributed by atoms with Crippen molar-refractivity contribution in [3.63, 3.8) is 0 Å². The number of fused-ring (bicyclic) bond motifs is 4. The molecule has 5 rings (SSSR count). The van der Waals surface area contributed by atoms with Gasteiger partial charge >= 0.3 is 0 Å². The third-order valence-electron chi connectivity index (χ3n) is 5.20. The summed E-state index contributed by atoms with van der Waals surface area (Å²) >= 11 is 0. The molecule has 7 nitrogen and oxygen atoms in total. The summed E-state index contributed by atoms with van der Waals surface area (Å²) in [4.78, 5) is 7.81. The van der Waals surface area contributed by atoms with Gasteiger partial charge in [0.25, 0.3) is 5.95 Å². The maximum Gasteiger partial charge on any atom is 0.265 e. The number of methoxy groups -OCH3 is 1. The first-order chi connectivity index (χ1) is 14.8. The maximum absolute atomic E-state index is 5.50. The average Bonchev–Trinajstić information content (AvgIpc) is 3.16. The molecule has 0 amide bonds. The molecule has 148 valence electrons. The van der Waals surface area contributed by atoms with Crippen molar-refractivity contribution < 1.29 is 4.74 Å². The van der Waals surface area contributed by atoms with Crippen LogP contribution in [0.1, 0.15) is 18.1 Å². The molecule has 2 aromatic heterocycles. The molecule has 0 spiro atoms. The summed E-state index contributed by atoms with van der Waals surface area (Å²) in [6, 6.07) is 18.3. The van der Waals surface area contributed by atoms with Gasteiger partial charge in [0.1, 0.15) is 11.3 Å². The first-order valence-electron chi connectivity index (χ1n) is 9.76. The van der Waals surface area contributed by atoms with Crippen LogP contribution in [0.3, 0.4) is 0 Å². The molecule has 0 aliphatic heterocycles. The van der Waals surface area contributed by atoms with Gasteiger partial charge in [0.05, 0.1) is 13.3 Å². The summed E-state index contributed by atoms with van der Waals surface area (Å²) in [7, 11) is 1.65. The van der Waals surface area contributed by atoms with E-state index < -0.39 is 0 Å². The number of hydrazone groups is 1. The molecular weight excluding hydrogens is 376 g/mol. The zero-order chi connectivity index (χ0) is 20.5. The number of nitrogens with zero attached hydrogens (tertiary/aromatic N) is 4. The van der Waals surface area contributed by atoms with Crippen LogP contribution < -0.4 is 10.2 Å². The minimum atomic E-state index is 0.320. The quantitative estimate of drug-likeness (QED) is 0.333. The Bertz CT molecular complexity index is 1410. The number of aromatic nitrogens is 4. The van der Waals surface area contributed by atoms with Crippen molar-refractivity contribution in [1.82, 2.24) is 20.2 Å². The Labute approximate surface area is 172 Å². The molecule has 0 bridgehead atoms. The highest BCUT2D eigenvalue weighted by Crippen LogP contribution is 2.27. The highest BCUT2D eigenvalue weighted by Gasteiger charge is 2.10. The summed E-state index contributed by atoms with van der Waals surface area (Å²) in [6.07, 6.45) is 2.68. The molecule has 0 saturated carbocycles. The number of H-pyrrole nitrogens is 1. The van der Waals surface area contributed by atoms with Crippen LogP contribution in [0.4, 0.5) is 5.95 Å². The van der Waals surface area contributed by atoms with Crippen molar-refractivity contribution in [2.45, 2.75) is 13.3 Å². The van der Waals surface area contributed by atoms with Crippen molar-refractivity contribution in [3.05, 3.63) is 65.7 Å². The van der Waals surface area contributed by atoms with Crippen LogP contribution in [-0.4, -0.2) is 33.5 Å². The maximum atomic E-state index is 5.50. The fourth-order valence-corrected chi connectivity index (χ4v) is 3.63. The third kappa shape index (κ3) is 3.10. The lowest BCUT2D eigenvalue weighted by atomic mass is 10.0. The molecule has 0 radical (unpaired) electrons. The van der Waals surface area contributed by atoms with Crippen LogP contribution >= 0.6 is 0 Å². The van der Waals surface area contributed by atoms with Gasteiger partial charge in [-0.15, -0.1) is 10.2 Å². The molecule has 0 atom stereocenters. The van der Waals surface area contributed by atoms with Gasteiger partial charge in [-0.05, 0) is 41.0 Å². The van der Waals surface area contributed by atoms with E-state index in [0.717, 1.165) is 44.9 Å². The van der Waals surface area contributed by atoms with Crippen molar-refractivity contribution >= 4 is 45.0 Å². The SMILES string of the molecule is CCc1ccc2[nH]c3nc(NN=Cc4c(OC)ccc5ccccc45)nnc3c2c1. The Morgan fingerprint density at radius 3 is 2.83 bits per heavy atom. The standard InChI is InChI=1S/C23H20N6O/c1-3-14-8-10-19-17(12-14)21-22(25-19)26-23(29-27-21)28-24-13-18-16-7-5-4-6-15(16)9-11-20(18)30-2/h4-13H,3H2,1-2H3,(H2,25,26,28,29). The second kappa shape index (κ2) is 7.44. The molecule has 0 fully saturated rings. The third-order valence-corrected chi connectivity index (χ3v) is 5.20. The van der Waals surface area contributed by atoms with Crippen LogP contribution in [0.2, 0.25) is 0 Å². The predicted octanol–water partition coefficient (Wildman–Crippen LogP) is 4.68. The minimum Gasteiger partial charge on any atom is -0.496 e. The summed E-state index contributed by atoms with van der Waals surface area (Å²) in [5.41, 5.74) is 7.43. The van der Waals surface area contributed by atoms with Crippen LogP contribution in [0.5, 0.6) is 5.75 Å². The van der Waals surface area contributed by atoms with Gasteiger partial charge < -0.3 is 9.72 Å². The monoisotopic (exact) mass is 396 g/mol. The molecule has 0 aliphatic rings. The van der Waals surface area contributed by atoms with E-state index in [1.165, 1.54) is 5.56 Å². The van der Waals surface area contributed by atoms with E-state index in [2.05, 4.69) is 61.9 Å². The smallest absolute Gasteiger partial charge is 0.265 e. The highest BCUT2D eigenvalue weighted by molar-refractivity contribution is 6.04. The summed E-state index contributed by atoms with van der Waals surface area (Å²) < 4.78 is 5.50. The van der Waals surface area contributed by atoms with E-state index >= 15 is 0 Å². The van der Waals surface area contributed by atoms with Gasteiger partial charge in [-0.3, -0.25) is 0 Å². The molecule has 7 heteroatoms. The van der Waals surface area contributed by atoms with E-state index in [4.69, 9.17) is 4.74 Å². The van der Waals surface area contributed by atoms with Gasteiger partial charge in [-0.25, -0.2) is 5.43 Å². The Morgan fingerprint density at radius 2 is 1.97 bits per heavy atom. The number of hydrogen-bond acceptors (Lipinski definition) is 6. The average molecular weight is 396 g/mol. The predicted molar refractivity (Wildman–Crippen MR) is 120 cm³/mol. The van der Waals surface area contributed by atoms with E-state index in [9.17, 15) is 0 Å². The molecule has 3 aromatic carbocycles. The van der Waals surface area contributed by atoms with E-state index in [1.54, 1.807) is 13.3 Å². The lowest BCUT2D eigenvalue weighted by Crippen LogP contribution is -2.00. The molecule has 30 heavy (non-hydrogen) atoms. The lowest BCUT2D eigenvalue weighted by molar-refractivity contribution is 0.415. The summed E-state index contributed by atoms with van der Waals surface area (Å²) in [5, 5.41) is 16.1. The van der Waals surface area contributed by atoms with E-state index in [1.807, 2.05) is 30.3 Å². The number of rotatable bonds is 5. The summed E-state index contributed by atoms with van der Waals surface area (Å²) in [5.74, 6) is 1.07. The second-order valence-corrected chi connectivity index (χ2v) is 6.96. The van der Waals surface area contributed by atoms with Crippen molar-refractivity contribution in [2.75, 3.05) is 12.5 Å². The van der Waals surface area contributed by atoms with Crippen LogP contribution in [-0.2, 0) is 6.42 Å². The number of ether oxygens (including phenoxy) is 1. The zero-order valence-electron chi connectivity index (χ0n) is 16.7. The number of benzene rings is 3. The molecule has 2 N–H and O–H groups in total. The van der Waals surface area contributed by atoms with E-state index in [0.29, 0.717) is 11.6 Å². The first kappa shape index (κ1) is 18.1. The Balaban J connectivity index is 1.47. The number of anilines is 1. The molecule has 2 heterocycles. The van der Waals surface area contributed by atoms with Gasteiger partial charge in [0, 0.05) is 16.5 Å². The number of hydrogen-bond donors (Lipinski definition) is 2. The number of aromatic amines is 1. The van der Waals surface area contributed by atoms with Crippen LogP contribution in [0.25, 0.3) is 32.8 Å². The molecule has 0 aliphatic carbocycles. The topological polar surface area (TPSA) is 88.1 Å². The Morgan fingerprint density at radius 1 is 1.07 bits per heavy atom. The summed E-state index contributed by atoms with van der Waals surface area (Å²) in [6.45, 7) is 2.13.